The van der Waals surface area contributed by atoms with E-state index in [1.165, 1.54) is 0 Å². The fourth-order valence-corrected chi connectivity index (χ4v) is 2.47. The Hall–Kier alpha value is -2.51. The van der Waals surface area contributed by atoms with Crippen molar-refractivity contribution >= 4 is 16.9 Å². The lowest BCUT2D eigenvalue weighted by molar-refractivity contribution is 0.0694. The van der Waals surface area contributed by atoms with Crippen LogP contribution < -0.4 is 10.2 Å². The highest BCUT2D eigenvalue weighted by Crippen LogP contribution is 2.42. The highest BCUT2D eigenvalue weighted by Gasteiger charge is 2.41. The standard InChI is InChI=1S/C14H10F3NO4/c1-22-13-10(17)8(16)2-5-11(13)18(9-3-7(9)15)4-6(12(5)19)14(20)21/h2,4,7,9H,3H2,1H3,(H,20,21)/t7-,9+/m1/s1. The number of alkyl halides is 1. The van der Waals surface area contributed by atoms with Crippen LogP contribution in [-0.2, 0) is 0 Å². The summed E-state index contributed by atoms with van der Waals surface area (Å²) in [7, 11) is 1.08. The van der Waals surface area contributed by atoms with Crippen molar-refractivity contribution in [2.45, 2.75) is 18.6 Å². The zero-order valence-electron chi connectivity index (χ0n) is 11.3. The van der Waals surface area contributed by atoms with Crippen LogP contribution in [0.5, 0.6) is 5.75 Å². The van der Waals surface area contributed by atoms with E-state index < -0.39 is 46.6 Å². The van der Waals surface area contributed by atoms with Crippen LogP contribution in [0.15, 0.2) is 17.1 Å². The van der Waals surface area contributed by atoms with Gasteiger partial charge in [-0.25, -0.2) is 13.6 Å². The Bertz CT molecular complexity index is 862. The average Bonchev–Trinajstić information content (AvgIpc) is 3.18. The summed E-state index contributed by atoms with van der Waals surface area (Å²) in [6, 6.07) is -0.131. The first kappa shape index (κ1) is 14.4. The molecule has 1 aromatic heterocycles. The molecule has 0 saturated heterocycles. The molecule has 5 nitrogen and oxygen atoms in total. The molecule has 0 amide bonds. The molecular formula is C14H10F3NO4. The van der Waals surface area contributed by atoms with Gasteiger partial charge in [-0.2, -0.15) is 4.39 Å². The summed E-state index contributed by atoms with van der Waals surface area (Å²) in [5.74, 6) is -4.74. The van der Waals surface area contributed by atoms with Crippen LogP contribution in [0.25, 0.3) is 10.9 Å². The van der Waals surface area contributed by atoms with Gasteiger partial charge in [-0.1, -0.05) is 0 Å². The zero-order chi connectivity index (χ0) is 16.2. The first-order chi connectivity index (χ1) is 10.4. The molecule has 1 heterocycles. The number of ether oxygens (including phenoxy) is 1. The molecule has 3 rings (SSSR count). The van der Waals surface area contributed by atoms with Crippen LogP contribution in [-0.4, -0.2) is 28.9 Å². The summed E-state index contributed by atoms with van der Waals surface area (Å²) in [5.41, 5.74) is -1.77. The molecule has 0 bridgehead atoms. The van der Waals surface area contributed by atoms with Gasteiger partial charge in [0.1, 0.15) is 11.7 Å². The average molecular weight is 313 g/mol. The molecule has 0 aliphatic heterocycles. The second-order valence-electron chi connectivity index (χ2n) is 5.01. The first-order valence-electron chi connectivity index (χ1n) is 6.35. The molecule has 1 N–H and O–H groups in total. The summed E-state index contributed by atoms with van der Waals surface area (Å²) < 4.78 is 46.8. The SMILES string of the molecule is COc1c(F)c(F)cc2c(=O)c(C(=O)O)cn([C@H]3C[C@H]3F)c12. The fraction of sp³-hybridized carbons (Fsp3) is 0.286. The maximum Gasteiger partial charge on any atom is 0.341 e. The molecule has 1 aromatic carbocycles. The van der Waals surface area contributed by atoms with Crippen LogP contribution in [0.4, 0.5) is 13.2 Å². The molecule has 0 radical (unpaired) electrons. The van der Waals surface area contributed by atoms with Crippen molar-refractivity contribution in [1.29, 1.82) is 0 Å². The molecule has 2 atom stereocenters. The number of hydrogen-bond donors (Lipinski definition) is 1. The van der Waals surface area contributed by atoms with Gasteiger partial charge in [0.05, 0.1) is 24.1 Å². The number of aromatic carboxylic acids is 1. The van der Waals surface area contributed by atoms with Crippen LogP contribution in [0.3, 0.4) is 0 Å². The first-order valence-corrected chi connectivity index (χ1v) is 6.35. The topological polar surface area (TPSA) is 68.5 Å². The molecular weight excluding hydrogens is 303 g/mol. The van der Waals surface area contributed by atoms with Crippen molar-refractivity contribution in [1.82, 2.24) is 4.57 Å². The van der Waals surface area contributed by atoms with Crippen LogP contribution in [0.1, 0.15) is 22.8 Å². The number of rotatable bonds is 3. The molecule has 116 valence electrons. The second kappa shape index (κ2) is 4.75. The van der Waals surface area contributed by atoms with E-state index in [4.69, 9.17) is 9.84 Å². The summed E-state index contributed by atoms with van der Waals surface area (Å²) in [6.45, 7) is 0. The van der Waals surface area contributed by atoms with E-state index in [0.717, 1.165) is 17.9 Å². The molecule has 2 aromatic rings. The van der Waals surface area contributed by atoms with Crippen LogP contribution in [0.2, 0.25) is 0 Å². The molecule has 1 aliphatic carbocycles. The number of benzene rings is 1. The minimum atomic E-state index is -1.53. The monoisotopic (exact) mass is 313 g/mol. The maximum atomic E-state index is 13.9. The van der Waals surface area contributed by atoms with E-state index in [-0.39, 0.29) is 17.3 Å². The summed E-state index contributed by atoms with van der Waals surface area (Å²) in [4.78, 5) is 23.3. The minimum Gasteiger partial charge on any atom is -0.491 e. The van der Waals surface area contributed by atoms with Gasteiger partial charge >= 0.3 is 5.97 Å². The Morgan fingerprint density at radius 2 is 2.09 bits per heavy atom. The number of carboxylic acid groups (broad SMARTS) is 1. The van der Waals surface area contributed by atoms with Gasteiger partial charge in [-0.3, -0.25) is 4.79 Å². The van der Waals surface area contributed by atoms with E-state index >= 15 is 0 Å². The Balaban J connectivity index is 2.50. The van der Waals surface area contributed by atoms with Gasteiger partial charge in [0.25, 0.3) is 0 Å². The maximum absolute atomic E-state index is 13.9. The highest BCUT2D eigenvalue weighted by molar-refractivity contribution is 5.94. The van der Waals surface area contributed by atoms with Crippen LogP contribution >= 0.6 is 0 Å². The van der Waals surface area contributed by atoms with Gasteiger partial charge in [0.15, 0.2) is 11.6 Å². The summed E-state index contributed by atoms with van der Waals surface area (Å²) in [5, 5.41) is 8.70. The molecule has 8 heteroatoms. The third-order valence-electron chi connectivity index (χ3n) is 3.64. The molecule has 1 saturated carbocycles. The largest absolute Gasteiger partial charge is 0.491 e. The predicted molar refractivity (Wildman–Crippen MR) is 70.2 cm³/mol. The van der Waals surface area contributed by atoms with Crippen molar-refractivity contribution in [2.24, 2.45) is 0 Å². The minimum absolute atomic E-state index is 0.0964. The molecule has 0 unspecified atom stereocenters. The number of carboxylic acids is 1. The molecule has 0 spiro atoms. The van der Waals surface area contributed by atoms with Gasteiger partial charge in [-0.05, 0) is 6.07 Å². The second-order valence-corrected chi connectivity index (χ2v) is 5.01. The normalized spacial score (nSPS) is 20.2. The quantitative estimate of drug-likeness (QED) is 0.944. The van der Waals surface area contributed by atoms with Crippen molar-refractivity contribution in [2.75, 3.05) is 7.11 Å². The van der Waals surface area contributed by atoms with Gasteiger partial charge in [0.2, 0.25) is 11.2 Å². The van der Waals surface area contributed by atoms with Gasteiger partial charge in [0, 0.05) is 12.6 Å². The number of pyridine rings is 1. The van der Waals surface area contributed by atoms with Crippen LogP contribution in [0, 0.1) is 11.6 Å². The summed E-state index contributed by atoms with van der Waals surface area (Å²) in [6.07, 6.45) is -0.207. The van der Waals surface area contributed by atoms with E-state index in [1.54, 1.807) is 0 Å². The smallest absolute Gasteiger partial charge is 0.341 e. The highest BCUT2D eigenvalue weighted by atomic mass is 19.2. The van der Waals surface area contributed by atoms with Crippen molar-refractivity contribution in [3.8, 4) is 5.75 Å². The number of halogens is 3. The predicted octanol–water partition coefficient (Wildman–Crippen LogP) is 2.27. The summed E-state index contributed by atoms with van der Waals surface area (Å²) >= 11 is 0. The Morgan fingerprint density at radius 3 is 2.59 bits per heavy atom. The van der Waals surface area contributed by atoms with Gasteiger partial charge in [-0.15, -0.1) is 0 Å². The van der Waals surface area contributed by atoms with Gasteiger partial charge < -0.3 is 14.4 Å². The third kappa shape index (κ3) is 1.94. The number of nitrogens with zero attached hydrogens (tertiary/aromatic N) is 1. The fourth-order valence-electron chi connectivity index (χ4n) is 2.47. The lowest BCUT2D eigenvalue weighted by atomic mass is 10.1. The third-order valence-corrected chi connectivity index (χ3v) is 3.64. The van der Waals surface area contributed by atoms with Crippen molar-refractivity contribution in [3.63, 3.8) is 0 Å². The lowest BCUT2D eigenvalue weighted by Crippen LogP contribution is -2.20. The van der Waals surface area contributed by atoms with E-state index in [9.17, 15) is 22.8 Å². The number of fused-ring (bicyclic) bond motifs is 1. The number of methoxy groups -OCH3 is 1. The van der Waals surface area contributed by atoms with Crippen molar-refractivity contribution in [3.05, 3.63) is 39.7 Å². The number of hydrogen-bond acceptors (Lipinski definition) is 3. The van der Waals surface area contributed by atoms with E-state index in [2.05, 4.69) is 0 Å². The lowest BCUT2D eigenvalue weighted by Gasteiger charge is -2.15. The molecule has 1 aliphatic rings. The Kier molecular flexibility index (Phi) is 3.12. The van der Waals surface area contributed by atoms with Crippen molar-refractivity contribution < 1.29 is 27.8 Å². The Labute approximate surface area is 121 Å². The number of aromatic nitrogens is 1. The molecule has 22 heavy (non-hydrogen) atoms. The Morgan fingerprint density at radius 1 is 1.45 bits per heavy atom. The molecule has 1 fully saturated rings. The van der Waals surface area contributed by atoms with E-state index in [1.807, 2.05) is 0 Å². The van der Waals surface area contributed by atoms with E-state index in [0.29, 0.717) is 6.07 Å². The number of carbonyl (C=O) groups is 1. The zero-order valence-corrected chi connectivity index (χ0v) is 11.3.